The number of carbonyl (C=O) groups is 1. The lowest BCUT2D eigenvalue weighted by atomic mass is 10.0. The first-order valence-electron chi connectivity index (χ1n) is 9.99. The molecule has 8 nitrogen and oxygen atoms in total. The van der Waals surface area contributed by atoms with Crippen molar-refractivity contribution >= 4 is 34.3 Å². The number of ether oxygens (including phenoxy) is 1. The van der Waals surface area contributed by atoms with Gasteiger partial charge in [-0.3, -0.25) is 4.79 Å². The van der Waals surface area contributed by atoms with E-state index in [0.29, 0.717) is 27.2 Å². The second-order valence-electron chi connectivity index (χ2n) is 8.52. The van der Waals surface area contributed by atoms with Crippen LogP contribution in [-0.4, -0.2) is 38.3 Å². The maximum Gasteiger partial charge on any atom is 0.410 e. The zero-order chi connectivity index (χ0) is 23.6. The molecule has 1 aromatic heterocycles. The summed E-state index contributed by atoms with van der Waals surface area (Å²) in [6.45, 7) is 5.28. The number of nitrogens with one attached hydrogen (secondary N) is 1. The predicted octanol–water partition coefficient (Wildman–Crippen LogP) is 3.94. The number of fused-ring (bicyclic) bond motifs is 1. The molecule has 3 rings (SSSR count). The quantitative estimate of drug-likeness (QED) is 0.428. The summed E-state index contributed by atoms with van der Waals surface area (Å²) in [5, 5.41) is 21.9. The summed E-state index contributed by atoms with van der Waals surface area (Å²) < 4.78 is 5.52. The fourth-order valence-corrected chi connectivity index (χ4v) is 3.48. The molecule has 0 fully saturated rings. The number of anilines is 1. The summed E-state index contributed by atoms with van der Waals surface area (Å²) in [6.07, 6.45) is -1.73. The minimum absolute atomic E-state index is 0.101. The largest absolute Gasteiger partial charge is 0.506 e. The number of carbonyl (C=O) groups excluding carboxylic acids is 1. The monoisotopic (exact) mass is 459 g/mol. The number of H-pyrrole nitrogens is 1. The molecule has 32 heavy (non-hydrogen) atoms. The van der Waals surface area contributed by atoms with Crippen molar-refractivity contribution in [2.45, 2.75) is 39.0 Å². The van der Waals surface area contributed by atoms with Crippen molar-refractivity contribution in [3.05, 3.63) is 69.0 Å². The van der Waals surface area contributed by atoms with Crippen molar-refractivity contribution in [1.29, 1.82) is 0 Å². The highest BCUT2D eigenvalue weighted by atomic mass is 35.5. The van der Waals surface area contributed by atoms with Crippen LogP contribution < -0.4 is 11.3 Å². The fourth-order valence-electron chi connectivity index (χ4n) is 3.28. The van der Waals surface area contributed by atoms with Crippen LogP contribution in [0.5, 0.6) is 5.75 Å². The van der Waals surface area contributed by atoms with Gasteiger partial charge in [-0.05, 0) is 56.2 Å². The van der Waals surface area contributed by atoms with Gasteiger partial charge < -0.3 is 30.6 Å². The highest BCUT2D eigenvalue weighted by molar-refractivity contribution is 6.33. The minimum Gasteiger partial charge on any atom is -0.506 e. The molecule has 170 valence electrons. The van der Waals surface area contributed by atoms with Crippen LogP contribution in [0, 0.1) is 0 Å². The Balaban J connectivity index is 1.94. The first kappa shape index (κ1) is 23.4. The lowest BCUT2D eigenvalue weighted by Crippen LogP contribution is -2.38. The highest BCUT2D eigenvalue weighted by Crippen LogP contribution is 2.30. The molecule has 2 aromatic carbocycles. The number of aromatic amines is 1. The molecule has 0 bridgehead atoms. The fraction of sp³-hybridized carbons (Fsp3) is 0.304. The third-order valence-electron chi connectivity index (χ3n) is 4.75. The molecule has 0 saturated carbocycles. The number of nitrogens with zero attached hydrogens (tertiary/aromatic N) is 1. The molecule has 3 aromatic rings. The van der Waals surface area contributed by atoms with E-state index < -0.39 is 17.8 Å². The predicted molar refractivity (Wildman–Crippen MR) is 124 cm³/mol. The Morgan fingerprint density at radius 2 is 1.94 bits per heavy atom. The number of hydrogen-bond acceptors (Lipinski definition) is 6. The third kappa shape index (κ3) is 5.52. The second-order valence-corrected chi connectivity index (χ2v) is 8.92. The molecule has 0 spiro atoms. The Morgan fingerprint density at radius 3 is 2.59 bits per heavy atom. The number of phenolic OH excluding ortho intramolecular Hbond substituents is 1. The zero-order valence-corrected chi connectivity index (χ0v) is 18.8. The number of nitrogens with two attached hydrogens (primary N) is 1. The summed E-state index contributed by atoms with van der Waals surface area (Å²) in [6, 6.07) is 10.8. The van der Waals surface area contributed by atoms with Gasteiger partial charge in [-0.15, -0.1) is 0 Å². The third-order valence-corrected chi connectivity index (χ3v) is 5.08. The van der Waals surface area contributed by atoms with E-state index in [4.69, 9.17) is 22.1 Å². The van der Waals surface area contributed by atoms with Crippen LogP contribution in [0.3, 0.4) is 0 Å². The van der Waals surface area contributed by atoms with E-state index in [1.807, 2.05) is 0 Å². The van der Waals surface area contributed by atoms with Gasteiger partial charge >= 0.3 is 6.09 Å². The number of aliphatic hydroxyl groups excluding tert-OH is 1. The number of pyridine rings is 1. The van der Waals surface area contributed by atoms with E-state index in [1.54, 1.807) is 45.0 Å². The van der Waals surface area contributed by atoms with Gasteiger partial charge in [0.1, 0.15) is 11.4 Å². The highest BCUT2D eigenvalue weighted by Gasteiger charge is 2.26. The van der Waals surface area contributed by atoms with Gasteiger partial charge in [-0.2, -0.15) is 0 Å². The number of aromatic hydroxyl groups is 1. The zero-order valence-electron chi connectivity index (χ0n) is 18.1. The van der Waals surface area contributed by atoms with Crippen LogP contribution in [0.15, 0.2) is 47.3 Å². The summed E-state index contributed by atoms with van der Waals surface area (Å²) in [5.41, 5.74) is 6.44. The average molecular weight is 460 g/mol. The Bertz CT molecular complexity index is 1200. The van der Waals surface area contributed by atoms with E-state index in [9.17, 15) is 19.8 Å². The first-order chi connectivity index (χ1) is 14.9. The maximum absolute atomic E-state index is 12.9. The number of halogens is 1. The number of rotatable bonds is 5. The number of hydrogen-bond donors (Lipinski definition) is 4. The van der Waals surface area contributed by atoms with Gasteiger partial charge in [-0.1, -0.05) is 23.7 Å². The van der Waals surface area contributed by atoms with Crippen LogP contribution in [0.4, 0.5) is 10.5 Å². The second kappa shape index (κ2) is 9.10. The molecular formula is C23H26ClN3O5. The normalized spacial score (nSPS) is 12.5. The molecule has 1 atom stereocenters. The van der Waals surface area contributed by atoms with Crippen molar-refractivity contribution in [2.24, 2.45) is 0 Å². The summed E-state index contributed by atoms with van der Waals surface area (Å²) in [5.74, 6) is -0.117. The van der Waals surface area contributed by atoms with Crippen LogP contribution in [0.1, 0.15) is 38.0 Å². The Labute approximate surface area is 190 Å². The summed E-state index contributed by atoms with van der Waals surface area (Å²) in [4.78, 5) is 28.5. The summed E-state index contributed by atoms with van der Waals surface area (Å²) in [7, 11) is 0. The first-order valence-corrected chi connectivity index (χ1v) is 10.4. The van der Waals surface area contributed by atoms with Gasteiger partial charge in [0.15, 0.2) is 0 Å². The smallest absolute Gasteiger partial charge is 0.410 e. The molecule has 0 aliphatic carbocycles. The molecule has 9 heteroatoms. The molecule has 0 radical (unpaired) electrons. The van der Waals surface area contributed by atoms with Gasteiger partial charge in [0.05, 0.1) is 28.9 Å². The van der Waals surface area contributed by atoms with E-state index in [-0.39, 0.29) is 29.9 Å². The molecule has 5 N–H and O–H groups in total. The Hall–Kier alpha value is -3.23. The van der Waals surface area contributed by atoms with E-state index in [0.717, 1.165) is 0 Å². The Kier molecular flexibility index (Phi) is 6.66. The lowest BCUT2D eigenvalue weighted by molar-refractivity contribution is 0.0125. The molecule has 0 aliphatic heterocycles. The van der Waals surface area contributed by atoms with Crippen molar-refractivity contribution < 1.29 is 19.7 Å². The van der Waals surface area contributed by atoms with Gasteiger partial charge in [0, 0.05) is 18.0 Å². The van der Waals surface area contributed by atoms with Crippen LogP contribution in [0.25, 0.3) is 10.9 Å². The van der Waals surface area contributed by atoms with Crippen LogP contribution in [0.2, 0.25) is 5.02 Å². The van der Waals surface area contributed by atoms with E-state index in [1.165, 1.54) is 23.1 Å². The number of aromatic nitrogens is 1. The molecule has 0 aliphatic rings. The number of aliphatic hydroxyl groups is 1. The van der Waals surface area contributed by atoms with Crippen molar-refractivity contribution in [1.82, 2.24) is 9.88 Å². The van der Waals surface area contributed by atoms with Gasteiger partial charge in [-0.25, -0.2) is 4.79 Å². The molecule has 1 heterocycles. The average Bonchev–Trinajstić information content (AvgIpc) is 2.69. The standard InChI is InChI=1S/C23H26ClN3O5/c1-23(2,3)32-22(31)27(11-13-4-7-17(25)16(24)10-13)12-19(29)14-5-8-18(28)21-15(14)6-9-20(30)26-21/h4-10,19,28-29H,11-12,25H2,1-3H3,(H,26,30)/t19-/m0/s1. The molecule has 0 saturated heterocycles. The minimum atomic E-state index is -1.12. The number of benzene rings is 2. The van der Waals surface area contributed by atoms with E-state index >= 15 is 0 Å². The number of phenols is 1. The topological polar surface area (TPSA) is 129 Å². The van der Waals surface area contributed by atoms with Gasteiger partial charge in [0.2, 0.25) is 5.56 Å². The van der Waals surface area contributed by atoms with Crippen LogP contribution >= 0.6 is 11.6 Å². The lowest BCUT2D eigenvalue weighted by Gasteiger charge is -2.29. The van der Waals surface area contributed by atoms with Crippen LogP contribution in [-0.2, 0) is 11.3 Å². The number of nitrogen functional groups attached to an aromatic ring is 1. The number of amides is 1. The molecular weight excluding hydrogens is 434 g/mol. The van der Waals surface area contributed by atoms with Crippen molar-refractivity contribution in [2.75, 3.05) is 12.3 Å². The SMILES string of the molecule is CC(C)(C)OC(=O)N(Cc1ccc(N)c(Cl)c1)C[C@H](O)c1ccc(O)c2[nH]c(=O)ccc12. The summed E-state index contributed by atoms with van der Waals surface area (Å²) >= 11 is 6.12. The van der Waals surface area contributed by atoms with Gasteiger partial charge in [0.25, 0.3) is 0 Å². The molecule has 0 unspecified atom stereocenters. The van der Waals surface area contributed by atoms with E-state index in [2.05, 4.69) is 4.98 Å². The Morgan fingerprint density at radius 1 is 1.22 bits per heavy atom. The van der Waals surface area contributed by atoms with Crippen molar-refractivity contribution in [3.8, 4) is 5.75 Å². The maximum atomic E-state index is 12.9. The molecule has 1 amide bonds. The van der Waals surface area contributed by atoms with Crippen molar-refractivity contribution in [3.63, 3.8) is 0 Å².